The van der Waals surface area contributed by atoms with Crippen LogP contribution in [0, 0.1) is 5.92 Å². The van der Waals surface area contributed by atoms with Crippen molar-refractivity contribution < 1.29 is 33.6 Å². The van der Waals surface area contributed by atoms with Gasteiger partial charge in [0.2, 0.25) is 0 Å². The topological polar surface area (TPSA) is 97.9 Å². The molecule has 2 saturated heterocycles. The van der Waals surface area contributed by atoms with Gasteiger partial charge < -0.3 is 24.1 Å². The number of hydrogen-bond donors (Lipinski definition) is 1. The van der Waals surface area contributed by atoms with Crippen LogP contribution >= 0.6 is 0 Å². The number of hydrogen-bond acceptors (Lipinski definition) is 6. The van der Waals surface area contributed by atoms with Crippen LogP contribution in [0.1, 0.15) is 40.0 Å². The molecule has 1 saturated carbocycles. The molecular formula is C26H34O7. The van der Waals surface area contributed by atoms with Crippen LogP contribution < -0.4 is 0 Å². The van der Waals surface area contributed by atoms with E-state index in [1.165, 1.54) is 17.7 Å². The summed E-state index contributed by atoms with van der Waals surface area (Å²) in [6, 6.07) is 0. The Morgan fingerprint density at radius 2 is 1.73 bits per heavy atom. The summed E-state index contributed by atoms with van der Waals surface area (Å²) in [6.07, 6.45) is 16.0. The maximum Gasteiger partial charge on any atom is 0.331 e. The van der Waals surface area contributed by atoms with Crippen LogP contribution in [0.15, 0.2) is 60.3 Å². The normalized spacial score (nSPS) is 35.6. The van der Waals surface area contributed by atoms with Gasteiger partial charge in [-0.1, -0.05) is 48.1 Å². The number of ether oxygens (including phenoxy) is 4. The Balaban J connectivity index is 1.59. The Labute approximate surface area is 195 Å². The van der Waals surface area contributed by atoms with E-state index < -0.39 is 11.9 Å². The van der Waals surface area contributed by atoms with Gasteiger partial charge in [-0.15, -0.1) is 0 Å². The lowest BCUT2D eigenvalue weighted by atomic mass is 9.68. The molecule has 1 spiro atoms. The first-order chi connectivity index (χ1) is 15.7. The number of epoxide rings is 2. The van der Waals surface area contributed by atoms with Crippen molar-refractivity contribution in [2.75, 3.05) is 13.7 Å². The van der Waals surface area contributed by atoms with Crippen LogP contribution in [-0.4, -0.2) is 60.3 Å². The second-order valence-electron chi connectivity index (χ2n) is 9.18. The summed E-state index contributed by atoms with van der Waals surface area (Å²) in [4.78, 5) is 22.8. The lowest BCUT2D eigenvalue weighted by molar-refractivity contribution is -0.166. The van der Waals surface area contributed by atoms with Crippen LogP contribution in [0.5, 0.6) is 0 Å². The fourth-order valence-corrected chi connectivity index (χ4v) is 4.79. The Bertz CT molecular complexity index is 873. The molecule has 0 amide bonds. The smallest absolute Gasteiger partial charge is 0.331 e. The summed E-state index contributed by atoms with van der Waals surface area (Å²) < 4.78 is 23.8. The van der Waals surface area contributed by atoms with Gasteiger partial charge in [0.05, 0.1) is 18.6 Å². The molecule has 7 nitrogen and oxygen atoms in total. The highest BCUT2D eigenvalue weighted by Crippen LogP contribution is 2.59. The molecule has 0 aromatic rings. The van der Waals surface area contributed by atoms with Crippen molar-refractivity contribution in [1.82, 2.24) is 0 Å². The predicted molar refractivity (Wildman–Crippen MR) is 124 cm³/mol. The molecule has 2 aliphatic heterocycles. The highest BCUT2D eigenvalue weighted by atomic mass is 16.6. The maximum atomic E-state index is 12.4. The van der Waals surface area contributed by atoms with E-state index in [0.717, 1.165) is 18.9 Å². The van der Waals surface area contributed by atoms with Gasteiger partial charge in [-0.05, 0) is 40.0 Å². The van der Waals surface area contributed by atoms with Crippen LogP contribution in [0.2, 0.25) is 0 Å². The second kappa shape index (κ2) is 10.6. The fourth-order valence-electron chi connectivity index (χ4n) is 4.79. The van der Waals surface area contributed by atoms with Crippen molar-refractivity contribution in [3.8, 4) is 0 Å². The molecule has 3 fully saturated rings. The molecule has 0 aromatic carbocycles. The molecule has 1 N–H and O–H groups in total. The summed E-state index contributed by atoms with van der Waals surface area (Å²) in [7, 11) is 1.65. The molecule has 0 unspecified atom stereocenters. The van der Waals surface area contributed by atoms with Crippen molar-refractivity contribution in [3.63, 3.8) is 0 Å². The van der Waals surface area contributed by atoms with Crippen molar-refractivity contribution in [3.05, 3.63) is 60.3 Å². The highest BCUT2D eigenvalue weighted by molar-refractivity contribution is 5.82. The monoisotopic (exact) mass is 458 g/mol. The number of rotatable bonds is 10. The number of allylic oxidation sites excluding steroid dienone is 7. The predicted octanol–water partition coefficient (Wildman–Crippen LogP) is 3.92. The fraction of sp³-hybridized carbons (Fsp3) is 0.538. The highest BCUT2D eigenvalue weighted by Gasteiger charge is 2.72. The standard InChI is InChI=1S/C26H34O7/c1-18(2)13-14-20-25(3,33-20)24-23(30-4)19(15-16-26(24)17-31-26)32-22(29)12-10-8-6-5-7-9-11-21(27)28/h5-13,19-20,23-24H,14-17H2,1-4H3,(H,27,28)/b7-5+,8-6+,11-9+,12-10+/t19-,20+,23+,24-,25-,26+/m0/s1. The Morgan fingerprint density at radius 3 is 2.30 bits per heavy atom. The molecular weight excluding hydrogens is 424 g/mol. The van der Waals surface area contributed by atoms with Gasteiger partial charge in [-0.25, -0.2) is 9.59 Å². The minimum absolute atomic E-state index is 0.00928. The third-order valence-electron chi connectivity index (χ3n) is 6.53. The Kier molecular flexibility index (Phi) is 8.10. The van der Waals surface area contributed by atoms with Gasteiger partial charge in [-0.2, -0.15) is 0 Å². The van der Waals surface area contributed by atoms with Crippen molar-refractivity contribution in [1.29, 1.82) is 0 Å². The number of aliphatic carboxylic acids is 1. The van der Waals surface area contributed by atoms with Gasteiger partial charge in [0, 0.05) is 19.3 Å². The van der Waals surface area contributed by atoms with Crippen LogP contribution in [0.3, 0.4) is 0 Å². The average Bonchev–Trinajstić information content (AvgIpc) is 3.67. The third kappa shape index (κ3) is 6.31. The summed E-state index contributed by atoms with van der Waals surface area (Å²) in [6.45, 7) is 6.96. The molecule has 180 valence electrons. The maximum absolute atomic E-state index is 12.4. The first kappa shape index (κ1) is 25.1. The minimum atomic E-state index is -1.00. The number of esters is 1. The first-order valence-corrected chi connectivity index (χ1v) is 11.3. The largest absolute Gasteiger partial charge is 0.478 e. The van der Waals surface area contributed by atoms with Crippen LogP contribution in [-0.2, 0) is 28.5 Å². The molecule has 2 heterocycles. The van der Waals surface area contributed by atoms with Crippen molar-refractivity contribution >= 4 is 11.9 Å². The summed E-state index contributed by atoms with van der Waals surface area (Å²) in [5, 5.41) is 8.51. The quantitative estimate of drug-likeness (QED) is 0.174. The Hall–Kier alpha value is -2.48. The first-order valence-electron chi connectivity index (χ1n) is 11.3. The van der Waals surface area contributed by atoms with E-state index in [4.69, 9.17) is 24.1 Å². The zero-order valence-electron chi connectivity index (χ0n) is 19.7. The number of carbonyl (C=O) groups excluding carboxylic acids is 1. The Morgan fingerprint density at radius 1 is 1.09 bits per heavy atom. The average molecular weight is 459 g/mol. The summed E-state index contributed by atoms with van der Waals surface area (Å²) in [5.41, 5.74) is 0.642. The van der Waals surface area contributed by atoms with E-state index in [1.807, 2.05) is 0 Å². The number of carboxylic acids is 1. The minimum Gasteiger partial charge on any atom is -0.478 e. The zero-order chi connectivity index (χ0) is 24.1. The van der Waals surface area contributed by atoms with E-state index in [-0.39, 0.29) is 35.4 Å². The van der Waals surface area contributed by atoms with Gasteiger partial charge in [0.15, 0.2) is 0 Å². The zero-order valence-corrected chi connectivity index (χ0v) is 19.7. The van der Waals surface area contributed by atoms with Crippen LogP contribution in [0.25, 0.3) is 0 Å². The van der Waals surface area contributed by atoms with Crippen molar-refractivity contribution in [2.45, 2.75) is 69.5 Å². The molecule has 0 bridgehead atoms. The van der Waals surface area contributed by atoms with Gasteiger partial charge in [0.1, 0.15) is 23.4 Å². The lowest BCUT2D eigenvalue weighted by Crippen LogP contribution is -2.55. The van der Waals surface area contributed by atoms with Gasteiger partial charge in [-0.3, -0.25) is 0 Å². The summed E-state index contributed by atoms with van der Waals surface area (Å²) in [5.74, 6) is -1.45. The van der Waals surface area contributed by atoms with E-state index in [1.54, 1.807) is 37.5 Å². The SMILES string of the molecule is CO[C@@H]1[C@@H](OC(=O)/C=C/C=C/C=C/C=C/C(=O)O)CC[C@@]2(CO2)[C@@H]1[C@@]1(C)O[C@@H]1CC=C(C)C. The molecule has 0 radical (unpaired) electrons. The van der Waals surface area contributed by atoms with Crippen LogP contribution in [0.4, 0.5) is 0 Å². The molecule has 3 rings (SSSR count). The van der Waals surface area contributed by atoms with E-state index in [9.17, 15) is 9.59 Å². The number of carboxylic acid groups (broad SMARTS) is 1. The van der Waals surface area contributed by atoms with Gasteiger partial charge in [0.25, 0.3) is 0 Å². The van der Waals surface area contributed by atoms with E-state index in [2.05, 4.69) is 26.8 Å². The second-order valence-corrected chi connectivity index (χ2v) is 9.18. The van der Waals surface area contributed by atoms with E-state index in [0.29, 0.717) is 13.0 Å². The molecule has 0 aromatic heterocycles. The molecule has 1 aliphatic carbocycles. The summed E-state index contributed by atoms with van der Waals surface area (Å²) >= 11 is 0. The molecule has 6 atom stereocenters. The number of methoxy groups -OCH3 is 1. The van der Waals surface area contributed by atoms with Gasteiger partial charge >= 0.3 is 11.9 Å². The number of carbonyl (C=O) groups is 2. The molecule has 3 aliphatic rings. The van der Waals surface area contributed by atoms with Crippen molar-refractivity contribution in [2.24, 2.45) is 5.92 Å². The third-order valence-corrected chi connectivity index (χ3v) is 6.53. The lowest BCUT2D eigenvalue weighted by Gasteiger charge is -2.42. The van der Waals surface area contributed by atoms with E-state index >= 15 is 0 Å². The molecule has 7 heteroatoms. The molecule has 33 heavy (non-hydrogen) atoms.